The lowest BCUT2D eigenvalue weighted by Crippen LogP contribution is -2.39. The molecule has 4 rings (SSSR count). The summed E-state index contributed by atoms with van der Waals surface area (Å²) in [6.45, 7) is 1.40. The molecule has 0 unspecified atom stereocenters. The van der Waals surface area contributed by atoms with E-state index in [1.54, 1.807) is 42.5 Å². The van der Waals surface area contributed by atoms with Crippen LogP contribution in [0.4, 0.5) is 5.69 Å². The van der Waals surface area contributed by atoms with Gasteiger partial charge >= 0.3 is 0 Å². The molecule has 0 spiro atoms. The minimum absolute atomic E-state index is 0.00640. The Morgan fingerprint density at radius 2 is 1.64 bits per heavy atom. The molecule has 0 bridgehead atoms. The predicted molar refractivity (Wildman–Crippen MR) is 179 cm³/mol. The van der Waals surface area contributed by atoms with Gasteiger partial charge in [-0.3, -0.25) is 9.10 Å². The molecule has 4 aromatic carbocycles. The zero-order valence-electron chi connectivity index (χ0n) is 23.2. The first kappa shape index (κ1) is 33.9. The first-order valence-corrected chi connectivity index (χ1v) is 16.4. The number of ether oxygens (including phenoxy) is 2. The average molecular weight is 760 g/mol. The molecule has 0 aromatic heterocycles. The molecule has 0 saturated carbocycles. The fourth-order valence-electron chi connectivity index (χ4n) is 3.92. The molecule has 0 saturated heterocycles. The number of halogens is 5. The highest BCUT2D eigenvalue weighted by Crippen LogP contribution is 2.37. The number of carbonyl (C=O) groups excluding carboxylic acids is 1. The molecule has 0 fully saturated rings. The molecule has 0 atom stereocenters. The number of amides is 1. The van der Waals surface area contributed by atoms with Crippen molar-refractivity contribution in [1.82, 2.24) is 5.43 Å². The van der Waals surface area contributed by atoms with Crippen LogP contribution in [0.2, 0.25) is 20.1 Å². The zero-order chi connectivity index (χ0) is 32.0. The van der Waals surface area contributed by atoms with Crippen molar-refractivity contribution < 1.29 is 22.7 Å². The van der Waals surface area contributed by atoms with Gasteiger partial charge in [-0.25, -0.2) is 13.8 Å². The minimum Gasteiger partial charge on any atom is -0.493 e. The summed E-state index contributed by atoms with van der Waals surface area (Å²) in [4.78, 5) is 13.0. The molecule has 0 heterocycles. The Hall–Kier alpha value is -2.99. The van der Waals surface area contributed by atoms with E-state index in [2.05, 4.69) is 26.5 Å². The van der Waals surface area contributed by atoms with Crippen LogP contribution in [0.15, 0.2) is 87.3 Å². The van der Waals surface area contributed by atoms with Gasteiger partial charge in [0.2, 0.25) is 0 Å². The van der Waals surface area contributed by atoms with E-state index in [4.69, 9.17) is 55.9 Å². The fraction of sp³-hybridized carbons (Fsp3) is 0.133. The predicted octanol–water partition coefficient (Wildman–Crippen LogP) is 8.30. The summed E-state index contributed by atoms with van der Waals surface area (Å²) in [5.74, 6) is 0.112. The SMILES string of the molecule is COc1cc(/C=N\NC(=O)CN(c2cc(Cl)cc(Cl)c2)S(=O)(=O)c2ccc(C)cc2)cc(Br)c1OCc1ccc(Cl)cc1Cl. The van der Waals surface area contributed by atoms with Crippen LogP contribution in [0.3, 0.4) is 0 Å². The highest BCUT2D eigenvalue weighted by atomic mass is 79.9. The molecular formula is C30H24BrCl4N3O5S. The van der Waals surface area contributed by atoms with Crippen molar-refractivity contribution in [3.8, 4) is 11.5 Å². The van der Waals surface area contributed by atoms with E-state index >= 15 is 0 Å². The Kier molecular flexibility index (Phi) is 11.4. The third-order valence-corrected chi connectivity index (χ3v) is 9.47. The first-order chi connectivity index (χ1) is 20.9. The van der Waals surface area contributed by atoms with Gasteiger partial charge in [0.1, 0.15) is 13.2 Å². The number of sulfonamides is 1. The molecular weight excluding hydrogens is 736 g/mol. The largest absolute Gasteiger partial charge is 0.493 e. The Morgan fingerprint density at radius 1 is 0.955 bits per heavy atom. The van der Waals surface area contributed by atoms with Crippen LogP contribution in [-0.2, 0) is 21.4 Å². The van der Waals surface area contributed by atoms with E-state index in [0.29, 0.717) is 31.6 Å². The van der Waals surface area contributed by atoms with Crippen LogP contribution in [0.5, 0.6) is 11.5 Å². The molecule has 230 valence electrons. The van der Waals surface area contributed by atoms with Gasteiger partial charge in [0.25, 0.3) is 15.9 Å². The number of hydrazone groups is 1. The summed E-state index contributed by atoms with van der Waals surface area (Å²) < 4.78 is 40.1. The first-order valence-electron chi connectivity index (χ1n) is 12.7. The normalized spacial score (nSPS) is 11.4. The van der Waals surface area contributed by atoms with Crippen LogP contribution in [0.1, 0.15) is 16.7 Å². The third-order valence-electron chi connectivity index (χ3n) is 6.07. The molecule has 0 aliphatic rings. The van der Waals surface area contributed by atoms with Gasteiger partial charge in [-0.15, -0.1) is 0 Å². The lowest BCUT2D eigenvalue weighted by molar-refractivity contribution is -0.119. The number of methoxy groups -OCH3 is 1. The number of hydrogen-bond donors (Lipinski definition) is 1. The molecule has 44 heavy (non-hydrogen) atoms. The molecule has 0 radical (unpaired) electrons. The van der Waals surface area contributed by atoms with Crippen molar-refractivity contribution in [2.45, 2.75) is 18.4 Å². The van der Waals surface area contributed by atoms with Crippen LogP contribution < -0.4 is 19.2 Å². The second-order valence-electron chi connectivity index (χ2n) is 9.30. The highest BCUT2D eigenvalue weighted by Gasteiger charge is 2.28. The molecule has 8 nitrogen and oxygen atoms in total. The maximum absolute atomic E-state index is 13.6. The summed E-state index contributed by atoms with van der Waals surface area (Å²) >= 11 is 28.0. The van der Waals surface area contributed by atoms with Gasteiger partial charge in [0, 0.05) is 25.7 Å². The number of anilines is 1. The maximum Gasteiger partial charge on any atom is 0.264 e. The molecule has 0 aliphatic heterocycles. The standard InChI is InChI=1S/C30H24BrCl4N3O5S/c1-18-3-7-25(8-4-18)44(40,41)38(24-12-22(33)11-23(34)13-24)16-29(39)37-36-15-19-9-26(31)30(28(10-19)42-2)43-17-20-5-6-21(32)14-27(20)35/h3-15H,16-17H2,1-2H3,(H,37,39)/b36-15-. The van der Waals surface area contributed by atoms with Crippen molar-refractivity contribution in [3.63, 3.8) is 0 Å². The fourth-order valence-corrected chi connectivity index (χ4v) is 6.88. The van der Waals surface area contributed by atoms with E-state index in [-0.39, 0.29) is 27.2 Å². The summed E-state index contributed by atoms with van der Waals surface area (Å²) in [6, 6.07) is 19.0. The van der Waals surface area contributed by atoms with Gasteiger partial charge in [-0.05, 0) is 83.0 Å². The second-order valence-corrected chi connectivity index (χ2v) is 13.7. The Bertz CT molecular complexity index is 1800. The molecule has 4 aromatic rings. The summed E-state index contributed by atoms with van der Waals surface area (Å²) in [6.07, 6.45) is 1.38. The molecule has 1 amide bonds. The van der Waals surface area contributed by atoms with Crippen molar-refractivity contribution in [2.75, 3.05) is 18.0 Å². The number of benzene rings is 4. The number of nitrogens with zero attached hydrogens (tertiary/aromatic N) is 2. The summed E-state index contributed by atoms with van der Waals surface area (Å²) in [7, 11) is -2.69. The topological polar surface area (TPSA) is 97.3 Å². The second kappa shape index (κ2) is 14.9. The molecule has 14 heteroatoms. The number of hydrogen-bond acceptors (Lipinski definition) is 6. The number of nitrogens with one attached hydrogen (secondary N) is 1. The smallest absolute Gasteiger partial charge is 0.264 e. The van der Waals surface area contributed by atoms with Gasteiger partial charge in [-0.2, -0.15) is 5.10 Å². The van der Waals surface area contributed by atoms with Gasteiger partial charge in [0.15, 0.2) is 11.5 Å². The van der Waals surface area contributed by atoms with Crippen molar-refractivity contribution in [3.05, 3.63) is 114 Å². The molecule has 0 aliphatic carbocycles. The Balaban J connectivity index is 1.51. The lowest BCUT2D eigenvalue weighted by atomic mass is 10.2. The van der Waals surface area contributed by atoms with E-state index in [0.717, 1.165) is 15.4 Å². The summed E-state index contributed by atoms with van der Waals surface area (Å²) in [5.41, 5.74) is 4.65. The van der Waals surface area contributed by atoms with Gasteiger partial charge in [-0.1, -0.05) is 70.2 Å². The van der Waals surface area contributed by atoms with Crippen LogP contribution in [0.25, 0.3) is 0 Å². The van der Waals surface area contributed by atoms with E-state index in [1.165, 1.54) is 43.7 Å². The van der Waals surface area contributed by atoms with Crippen LogP contribution in [-0.4, -0.2) is 34.2 Å². The quantitative estimate of drug-likeness (QED) is 0.123. The average Bonchev–Trinajstić information content (AvgIpc) is 2.95. The number of rotatable bonds is 11. The highest BCUT2D eigenvalue weighted by molar-refractivity contribution is 9.10. The zero-order valence-corrected chi connectivity index (χ0v) is 28.6. The number of aryl methyl sites for hydroxylation is 1. The van der Waals surface area contributed by atoms with E-state index < -0.39 is 22.5 Å². The van der Waals surface area contributed by atoms with Crippen molar-refractivity contribution >= 4 is 90.2 Å². The Labute approximate surface area is 283 Å². The monoisotopic (exact) mass is 757 g/mol. The van der Waals surface area contributed by atoms with Gasteiger partial charge in [0.05, 0.1) is 28.4 Å². The summed E-state index contributed by atoms with van der Waals surface area (Å²) in [5, 5.41) is 5.40. The van der Waals surface area contributed by atoms with Crippen LogP contribution >= 0.6 is 62.3 Å². The Morgan fingerprint density at radius 3 is 2.27 bits per heavy atom. The van der Waals surface area contributed by atoms with Crippen LogP contribution in [0, 0.1) is 6.92 Å². The van der Waals surface area contributed by atoms with Gasteiger partial charge < -0.3 is 9.47 Å². The van der Waals surface area contributed by atoms with E-state index in [1.807, 2.05) is 6.92 Å². The van der Waals surface area contributed by atoms with Crippen molar-refractivity contribution in [1.29, 1.82) is 0 Å². The van der Waals surface area contributed by atoms with E-state index in [9.17, 15) is 13.2 Å². The minimum atomic E-state index is -4.17. The maximum atomic E-state index is 13.6. The molecule has 1 N–H and O–H groups in total. The lowest BCUT2D eigenvalue weighted by Gasteiger charge is -2.24. The van der Waals surface area contributed by atoms with Crippen molar-refractivity contribution in [2.24, 2.45) is 5.10 Å². The third kappa shape index (κ3) is 8.59. The number of carbonyl (C=O) groups is 1.